The van der Waals surface area contributed by atoms with Gasteiger partial charge in [-0.25, -0.2) is 0 Å². The summed E-state index contributed by atoms with van der Waals surface area (Å²) >= 11 is 0. The smallest absolute Gasteiger partial charge is 0.234 e. The third-order valence-electron chi connectivity index (χ3n) is 4.38. The number of aromatic hydroxyl groups is 1. The highest BCUT2D eigenvalue weighted by Crippen LogP contribution is 2.27. The first-order valence-electron chi connectivity index (χ1n) is 8.43. The van der Waals surface area contributed by atoms with Crippen molar-refractivity contribution in [3.8, 4) is 5.75 Å². The molecule has 0 aromatic heterocycles. The molecule has 1 fully saturated rings. The quantitative estimate of drug-likeness (QED) is 0.819. The molecule has 0 spiro atoms. The second-order valence-corrected chi connectivity index (χ2v) is 6.65. The van der Waals surface area contributed by atoms with E-state index in [9.17, 15) is 14.7 Å². The number of hydrogen-bond acceptors (Lipinski definition) is 5. The molecule has 0 radical (unpaired) electrons. The van der Waals surface area contributed by atoms with Crippen LogP contribution in [0.4, 0.5) is 5.69 Å². The number of phenols is 1. The third kappa shape index (κ3) is 4.71. The van der Waals surface area contributed by atoms with Gasteiger partial charge in [0, 0.05) is 26.2 Å². The zero-order valence-corrected chi connectivity index (χ0v) is 14.7. The van der Waals surface area contributed by atoms with Crippen molar-refractivity contribution in [2.24, 2.45) is 5.92 Å². The molecule has 1 unspecified atom stereocenters. The van der Waals surface area contributed by atoms with Crippen LogP contribution in [0.2, 0.25) is 0 Å². The molecular weight excluding hydrogens is 306 g/mol. The van der Waals surface area contributed by atoms with Crippen LogP contribution in [0.25, 0.3) is 0 Å². The maximum Gasteiger partial charge on any atom is 0.234 e. The lowest BCUT2D eigenvalue weighted by atomic mass is 10.0. The fourth-order valence-electron chi connectivity index (χ4n) is 3.04. The number of rotatable bonds is 6. The van der Waals surface area contributed by atoms with E-state index in [1.165, 1.54) is 6.92 Å². The molecule has 1 aromatic carbocycles. The molecule has 2 N–H and O–H groups in total. The van der Waals surface area contributed by atoms with E-state index in [-0.39, 0.29) is 23.4 Å². The minimum atomic E-state index is -0.417. The van der Waals surface area contributed by atoms with Crippen molar-refractivity contribution in [3.05, 3.63) is 24.3 Å². The number of nitrogens with zero attached hydrogens (tertiary/aromatic N) is 2. The molecule has 132 valence electrons. The Morgan fingerprint density at radius 3 is 2.33 bits per heavy atom. The van der Waals surface area contributed by atoms with Crippen molar-refractivity contribution >= 4 is 17.4 Å². The fraction of sp³-hybridized carbons (Fsp3) is 0.556. The Hall–Kier alpha value is -2.08. The number of amides is 1. The number of Topliss-reactive ketones (excluding diaryl/α,β-unsaturated/α-hetero) is 1. The molecule has 6 nitrogen and oxygen atoms in total. The van der Waals surface area contributed by atoms with Crippen LogP contribution in [0.15, 0.2) is 24.3 Å². The SMILES string of the molecule is CC(=O)C(NC(=O)CN1CCN(c2ccccc2O)CC1)C(C)C. The highest BCUT2D eigenvalue weighted by molar-refractivity contribution is 5.88. The second-order valence-electron chi connectivity index (χ2n) is 6.65. The van der Waals surface area contributed by atoms with Crippen LogP contribution in [-0.2, 0) is 9.59 Å². The molecule has 1 atom stereocenters. The topological polar surface area (TPSA) is 72.9 Å². The number of nitrogens with one attached hydrogen (secondary N) is 1. The Kier molecular flexibility index (Phi) is 6.20. The van der Waals surface area contributed by atoms with Gasteiger partial charge in [-0.2, -0.15) is 0 Å². The summed E-state index contributed by atoms with van der Waals surface area (Å²) < 4.78 is 0. The van der Waals surface area contributed by atoms with Gasteiger partial charge >= 0.3 is 0 Å². The lowest BCUT2D eigenvalue weighted by Gasteiger charge is -2.36. The van der Waals surface area contributed by atoms with Gasteiger partial charge in [0.05, 0.1) is 18.3 Å². The molecule has 1 amide bonds. The number of para-hydroxylation sites is 2. The Morgan fingerprint density at radius 2 is 1.79 bits per heavy atom. The van der Waals surface area contributed by atoms with E-state index in [1.54, 1.807) is 12.1 Å². The van der Waals surface area contributed by atoms with E-state index in [0.717, 1.165) is 31.9 Å². The van der Waals surface area contributed by atoms with Crippen LogP contribution in [0.1, 0.15) is 20.8 Å². The summed E-state index contributed by atoms with van der Waals surface area (Å²) in [6.45, 7) is 8.66. The van der Waals surface area contributed by atoms with E-state index >= 15 is 0 Å². The van der Waals surface area contributed by atoms with E-state index in [4.69, 9.17) is 0 Å². The highest BCUT2D eigenvalue weighted by Gasteiger charge is 2.24. The van der Waals surface area contributed by atoms with E-state index in [0.29, 0.717) is 6.54 Å². The minimum absolute atomic E-state index is 0.0114. The Morgan fingerprint density at radius 1 is 1.17 bits per heavy atom. The second kappa shape index (κ2) is 8.15. The number of ketones is 1. The van der Waals surface area contributed by atoms with E-state index < -0.39 is 6.04 Å². The molecule has 0 saturated carbocycles. The normalized spacial score (nSPS) is 16.9. The lowest BCUT2D eigenvalue weighted by molar-refractivity contribution is -0.128. The van der Waals surface area contributed by atoms with Gasteiger partial charge in [-0.1, -0.05) is 26.0 Å². The average molecular weight is 333 g/mol. The van der Waals surface area contributed by atoms with Crippen molar-refractivity contribution < 1.29 is 14.7 Å². The maximum absolute atomic E-state index is 12.2. The van der Waals surface area contributed by atoms with Gasteiger partial charge in [-0.05, 0) is 25.0 Å². The number of piperazine rings is 1. The van der Waals surface area contributed by atoms with Crippen LogP contribution < -0.4 is 10.2 Å². The Bertz CT molecular complexity index is 581. The maximum atomic E-state index is 12.2. The van der Waals surface area contributed by atoms with Gasteiger partial charge in [0.15, 0.2) is 5.78 Å². The molecule has 1 aliphatic rings. The minimum Gasteiger partial charge on any atom is -0.506 e. The molecule has 24 heavy (non-hydrogen) atoms. The van der Waals surface area contributed by atoms with Crippen molar-refractivity contribution in [2.75, 3.05) is 37.6 Å². The molecule has 6 heteroatoms. The van der Waals surface area contributed by atoms with Gasteiger partial charge in [0.1, 0.15) is 5.75 Å². The van der Waals surface area contributed by atoms with Gasteiger partial charge in [0.25, 0.3) is 0 Å². The van der Waals surface area contributed by atoms with Gasteiger partial charge < -0.3 is 15.3 Å². The summed E-state index contributed by atoms with van der Waals surface area (Å²) in [5, 5.41) is 12.8. The van der Waals surface area contributed by atoms with Gasteiger partial charge in [-0.3, -0.25) is 14.5 Å². The highest BCUT2D eigenvalue weighted by atomic mass is 16.3. The van der Waals surface area contributed by atoms with Crippen LogP contribution in [0, 0.1) is 5.92 Å². The predicted octanol–water partition coefficient (Wildman–Crippen LogP) is 1.24. The molecule has 1 aromatic rings. The standard InChI is InChI=1S/C18H27N3O3/c1-13(2)18(14(3)22)19-17(24)12-20-8-10-21(11-9-20)15-6-4-5-7-16(15)23/h4-7,13,18,23H,8-12H2,1-3H3,(H,19,24). The molecule has 0 bridgehead atoms. The van der Waals surface area contributed by atoms with Crippen LogP contribution in [-0.4, -0.2) is 60.5 Å². The fourth-order valence-corrected chi connectivity index (χ4v) is 3.04. The van der Waals surface area contributed by atoms with Crippen LogP contribution in [0.5, 0.6) is 5.75 Å². The van der Waals surface area contributed by atoms with Crippen molar-refractivity contribution in [3.63, 3.8) is 0 Å². The largest absolute Gasteiger partial charge is 0.506 e. The lowest BCUT2D eigenvalue weighted by Crippen LogP contribution is -2.52. The molecule has 2 rings (SSSR count). The molecular formula is C18H27N3O3. The summed E-state index contributed by atoms with van der Waals surface area (Å²) in [6, 6.07) is 6.88. The van der Waals surface area contributed by atoms with Crippen LogP contribution in [0.3, 0.4) is 0 Å². The molecule has 1 heterocycles. The van der Waals surface area contributed by atoms with E-state index in [2.05, 4.69) is 15.1 Å². The summed E-state index contributed by atoms with van der Waals surface area (Å²) in [6.07, 6.45) is 0. The Balaban J connectivity index is 1.83. The number of phenolic OH excluding ortho intramolecular Hbond substituents is 1. The summed E-state index contributed by atoms with van der Waals surface area (Å²) in [5.41, 5.74) is 0.832. The average Bonchev–Trinajstić information content (AvgIpc) is 2.53. The van der Waals surface area contributed by atoms with Crippen molar-refractivity contribution in [1.82, 2.24) is 10.2 Å². The van der Waals surface area contributed by atoms with E-state index in [1.807, 2.05) is 26.0 Å². The number of benzene rings is 1. The number of hydrogen-bond donors (Lipinski definition) is 2. The van der Waals surface area contributed by atoms with Crippen molar-refractivity contribution in [1.29, 1.82) is 0 Å². The van der Waals surface area contributed by atoms with Crippen LogP contribution >= 0.6 is 0 Å². The number of carbonyl (C=O) groups is 2. The zero-order chi connectivity index (χ0) is 17.7. The van der Waals surface area contributed by atoms with Gasteiger partial charge in [0.2, 0.25) is 5.91 Å². The summed E-state index contributed by atoms with van der Waals surface area (Å²) in [5.74, 6) is 0.247. The first-order valence-corrected chi connectivity index (χ1v) is 8.43. The monoisotopic (exact) mass is 333 g/mol. The third-order valence-corrected chi connectivity index (χ3v) is 4.38. The molecule has 1 aliphatic heterocycles. The van der Waals surface area contributed by atoms with Gasteiger partial charge in [-0.15, -0.1) is 0 Å². The summed E-state index contributed by atoms with van der Waals surface area (Å²) in [7, 11) is 0. The first-order chi connectivity index (χ1) is 11.4. The summed E-state index contributed by atoms with van der Waals surface area (Å²) in [4.78, 5) is 28.0. The number of carbonyl (C=O) groups excluding carboxylic acids is 2. The predicted molar refractivity (Wildman–Crippen MR) is 94.2 cm³/mol. The Labute approximate surface area is 143 Å². The molecule has 0 aliphatic carbocycles. The zero-order valence-electron chi connectivity index (χ0n) is 14.7. The first kappa shape index (κ1) is 18.3. The molecule has 1 saturated heterocycles. The van der Waals surface area contributed by atoms with Crippen molar-refractivity contribution in [2.45, 2.75) is 26.8 Å². The number of anilines is 1.